The number of anilines is 1. The van der Waals surface area contributed by atoms with Crippen LogP contribution in [-0.2, 0) is 6.54 Å². The van der Waals surface area contributed by atoms with E-state index in [0.717, 1.165) is 42.8 Å². The van der Waals surface area contributed by atoms with E-state index in [1.54, 1.807) is 6.07 Å². The van der Waals surface area contributed by atoms with Gasteiger partial charge in [-0.15, -0.1) is 0 Å². The minimum atomic E-state index is -0.806. The molecule has 1 fully saturated rings. The van der Waals surface area contributed by atoms with E-state index in [4.69, 9.17) is 4.42 Å². The molecule has 0 saturated carbocycles. The number of para-hydroxylation sites is 2. The molecule has 4 nitrogen and oxygen atoms in total. The lowest BCUT2D eigenvalue weighted by Crippen LogP contribution is -2.46. The summed E-state index contributed by atoms with van der Waals surface area (Å²) in [5.74, 6) is -1.60. The molecule has 0 radical (unpaired) electrons. The molecule has 2 aromatic carbocycles. The van der Waals surface area contributed by atoms with Crippen molar-refractivity contribution in [1.82, 2.24) is 9.88 Å². The molecule has 0 aliphatic carbocycles. The number of oxazole rings is 1. The second kappa shape index (κ2) is 6.20. The summed E-state index contributed by atoms with van der Waals surface area (Å²) in [6, 6.07) is 12.4. The maximum Gasteiger partial charge on any atom is 0.298 e. The van der Waals surface area contributed by atoms with Gasteiger partial charge in [0.15, 0.2) is 17.2 Å². The molecule has 24 heavy (non-hydrogen) atoms. The van der Waals surface area contributed by atoms with Crippen LogP contribution < -0.4 is 4.90 Å². The van der Waals surface area contributed by atoms with Crippen LogP contribution in [0.2, 0.25) is 0 Å². The van der Waals surface area contributed by atoms with Gasteiger partial charge in [-0.25, -0.2) is 8.78 Å². The Morgan fingerprint density at radius 1 is 0.958 bits per heavy atom. The predicted molar refractivity (Wildman–Crippen MR) is 87.9 cm³/mol. The van der Waals surface area contributed by atoms with Gasteiger partial charge in [-0.3, -0.25) is 4.90 Å². The summed E-state index contributed by atoms with van der Waals surface area (Å²) in [6.07, 6.45) is 0. The fourth-order valence-corrected chi connectivity index (χ4v) is 2.99. The molecular formula is C18H17F2N3O. The molecule has 0 N–H and O–H groups in total. The maximum absolute atomic E-state index is 13.3. The number of hydrogen-bond acceptors (Lipinski definition) is 4. The summed E-state index contributed by atoms with van der Waals surface area (Å²) in [5, 5.41) is 0. The number of halogens is 2. The lowest BCUT2D eigenvalue weighted by atomic mass is 10.2. The van der Waals surface area contributed by atoms with Crippen LogP contribution in [0.15, 0.2) is 46.9 Å². The van der Waals surface area contributed by atoms with Gasteiger partial charge in [-0.1, -0.05) is 18.2 Å². The van der Waals surface area contributed by atoms with Crippen LogP contribution in [0.25, 0.3) is 11.1 Å². The predicted octanol–water partition coefficient (Wildman–Crippen LogP) is 3.43. The molecule has 1 saturated heterocycles. The van der Waals surface area contributed by atoms with E-state index in [-0.39, 0.29) is 0 Å². The summed E-state index contributed by atoms with van der Waals surface area (Å²) in [5.41, 5.74) is 2.43. The van der Waals surface area contributed by atoms with Crippen LogP contribution in [-0.4, -0.2) is 36.1 Å². The molecule has 0 atom stereocenters. The van der Waals surface area contributed by atoms with Gasteiger partial charge in [0.1, 0.15) is 5.52 Å². The highest BCUT2D eigenvalue weighted by Gasteiger charge is 2.21. The molecule has 0 unspecified atom stereocenters. The van der Waals surface area contributed by atoms with E-state index in [1.807, 2.05) is 24.3 Å². The Morgan fingerprint density at radius 2 is 1.75 bits per heavy atom. The molecule has 4 rings (SSSR count). The van der Waals surface area contributed by atoms with E-state index < -0.39 is 11.6 Å². The summed E-state index contributed by atoms with van der Waals surface area (Å²) >= 11 is 0. The normalized spacial score (nSPS) is 16.0. The first-order valence-corrected chi connectivity index (χ1v) is 7.96. The Kier molecular flexibility index (Phi) is 3.90. The monoisotopic (exact) mass is 329 g/mol. The molecule has 3 aromatic rings. The van der Waals surface area contributed by atoms with Crippen LogP contribution in [0.3, 0.4) is 0 Å². The molecule has 0 amide bonds. The second-order valence-corrected chi connectivity index (χ2v) is 5.98. The largest absolute Gasteiger partial charge is 0.423 e. The van der Waals surface area contributed by atoms with Crippen molar-refractivity contribution in [3.8, 4) is 0 Å². The summed E-state index contributed by atoms with van der Waals surface area (Å²) < 4.78 is 32.1. The summed E-state index contributed by atoms with van der Waals surface area (Å²) in [7, 11) is 0. The van der Waals surface area contributed by atoms with Crippen molar-refractivity contribution in [3.05, 3.63) is 59.7 Å². The van der Waals surface area contributed by atoms with Crippen molar-refractivity contribution in [2.75, 3.05) is 31.1 Å². The number of nitrogens with zero attached hydrogens (tertiary/aromatic N) is 3. The van der Waals surface area contributed by atoms with Crippen molar-refractivity contribution in [1.29, 1.82) is 0 Å². The second-order valence-electron chi connectivity index (χ2n) is 5.98. The first-order valence-electron chi connectivity index (χ1n) is 7.96. The zero-order valence-electron chi connectivity index (χ0n) is 13.1. The van der Waals surface area contributed by atoms with Gasteiger partial charge < -0.3 is 9.32 Å². The minimum Gasteiger partial charge on any atom is -0.423 e. The Morgan fingerprint density at radius 3 is 2.50 bits per heavy atom. The zero-order valence-corrected chi connectivity index (χ0v) is 13.1. The van der Waals surface area contributed by atoms with Crippen LogP contribution in [0.5, 0.6) is 0 Å². The average Bonchev–Trinajstić information content (AvgIpc) is 3.03. The molecule has 0 spiro atoms. The van der Waals surface area contributed by atoms with Gasteiger partial charge in [0.2, 0.25) is 0 Å². The number of aromatic nitrogens is 1. The third kappa shape index (κ3) is 2.97. The van der Waals surface area contributed by atoms with Gasteiger partial charge in [0, 0.05) is 32.7 Å². The Bertz CT molecular complexity index is 823. The highest BCUT2D eigenvalue weighted by Crippen LogP contribution is 2.23. The van der Waals surface area contributed by atoms with Gasteiger partial charge in [0.05, 0.1) is 0 Å². The van der Waals surface area contributed by atoms with Crippen molar-refractivity contribution >= 4 is 17.1 Å². The Labute approximate surface area is 138 Å². The highest BCUT2D eigenvalue weighted by atomic mass is 19.2. The summed E-state index contributed by atoms with van der Waals surface area (Å²) in [4.78, 5) is 8.84. The minimum absolute atomic E-state index is 0.610. The quantitative estimate of drug-likeness (QED) is 0.737. The van der Waals surface area contributed by atoms with Crippen LogP contribution in [0.4, 0.5) is 14.8 Å². The lowest BCUT2D eigenvalue weighted by molar-refractivity contribution is 0.245. The molecule has 2 heterocycles. The van der Waals surface area contributed by atoms with E-state index >= 15 is 0 Å². The fraction of sp³-hybridized carbons (Fsp3) is 0.278. The fourth-order valence-electron chi connectivity index (χ4n) is 2.99. The molecule has 6 heteroatoms. The molecule has 0 bridgehead atoms. The van der Waals surface area contributed by atoms with Crippen LogP contribution in [0, 0.1) is 11.6 Å². The Hall–Kier alpha value is -2.47. The number of rotatable bonds is 3. The SMILES string of the molecule is Fc1ccc(CN2CCN(c3nc4ccccc4o3)CC2)cc1F. The van der Waals surface area contributed by atoms with E-state index in [9.17, 15) is 8.78 Å². The molecule has 1 aromatic heterocycles. The van der Waals surface area contributed by atoms with E-state index in [1.165, 1.54) is 12.1 Å². The number of fused-ring (bicyclic) bond motifs is 1. The van der Waals surface area contributed by atoms with Crippen molar-refractivity contribution in [3.63, 3.8) is 0 Å². The third-order valence-electron chi connectivity index (χ3n) is 4.32. The topological polar surface area (TPSA) is 32.5 Å². The molecule has 1 aliphatic heterocycles. The molecule has 124 valence electrons. The van der Waals surface area contributed by atoms with Crippen molar-refractivity contribution < 1.29 is 13.2 Å². The van der Waals surface area contributed by atoms with Gasteiger partial charge in [0.25, 0.3) is 6.01 Å². The smallest absolute Gasteiger partial charge is 0.298 e. The Balaban J connectivity index is 1.40. The zero-order chi connectivity index (χ0) is 16.5. The lowest BCUT2D eigenvalue weighted by Gasteiger charge is -2.33. The van der Waals surface area contributed by atoms with Crippen LogP contribution in [0.1, 0.15) is 5.56 Å². The van der Waals surface area contributed by atoms with Gasteiger partial charge >= 0.3 is 0 Å². The third-order valence-corrected chi connectivity index (χ3v) is 4.32. The summed E-state index contributed by atoms with van der Waals surface area (Å²) in [6.45, 7) is 3.82. The van der Waals surface area contributed by atoms with Gasteiger partial charge in [-0.2, -0.15) is 4.98 Å². The van der Waals surface area contributed by atoms with Crippen molar-refractivity contribution in [2.24, 2.45) is 0 Å². The number of benzene rings is 2. The van der Waals surface area contributed by atoms with E-state index in [2.05, 4.69) is 14.8 Å². The highest BCUT2D eigenvalue weighted by molar-refractivity contribution is 5.74. The van der Waals surface area contributed by atoms with E-state index in [0.29, 0.717) is 12.6 Å². The first kappa shape index (κ1) is 15.1. The average molecular weight is 329 g/mol. The van der Waals surface area contributed by atoms with Gasteiger partial charge in [-0.05, 0) is 29.8 Å². The molecule has 1 aliphatic rings. The number of piperazine rings is 1. The first-order chi connectivity index (χ1) is 11.7. The standard InChI is InChI=1S/C18H17F2N3O/c19-14-6-5-13(11-15(14)20)12-22-7-9-23(10-8-22)18-21-16-3-1-2-4-17(16)24-18/h1-6,11H,7-10,12H2. The molecular weight excluding hydrogens is 312 g/mol. The number of hydrogen-bond donors (Lipinski definition) is 0. The van der Waals surface area contributed by atoms with Crippen LogP contribution >= 0.6 is 0 Å². The maximum atomic E-state index is 13.3. The van der Waals surface area contributed by atoms with Crippen molar-refractivity contribution in [2.45, 2.75) is 6.54 Å².